The van der Waals surface area contributed by atoms with Gasteiger partial charge in [-0.15, -0.1) is 0 Å². The lowest BCUT2D eigenvalue weighted by Gasteiger charge is -2.29. The lowest BCUT2D eigenvalue weighted by molar-refractivity contribution is -0.137. The molecule has 1 aromatic carbocycles. The van der Waals surface area contributed by atoms with Crippen LogP contribution >= 0.6 is 7.82 Å². The number of nitrogens with one attached hydrogen (secondary N) is 2. The maximum Gasteiger partial charge on any atom is 0.469 e. The van der Waals surface area contributed by atoms with E-state index in [4.69, 9.17) is 9.79 Å². The maximum absolute atomic E-state index is 12.0. The molecule has 5 N–H and O–H groups in total. The quantitative estimate of drug-likeness (QED) is 0.336. The molecule has 0 unspecified atom stereocenters. The second kappa shape index (κ2) is 10.5. The number of hydrogen-bond donors (Lipinski definition) is 5. The van der Waals surface area contributed by atoms with E-state index in [1.807, 2.05) is 30.3 Å². The number of hydrogen-bond acceptors (Lipinski definition) is 5. The van der Waals surface area contributed by atoms with E-state index in [2.05, 4.69) is 15.2 Å². The molecule has 0 spiro atoms. The zero-order chi connectivity index (χ0) is 20.5. The monoisotopic (exact) mass is 402 g/mol. The molecule has 27 heavy (non-hydrogen) atoms. The minimum Gasteiger partial charge on any atom is -0.383 e. The zero-order valence-electron chi connectivity index (χ0n) is 15.4. The van der Waals surface area contributed by atoms with Crippen LogP contribution in [0.2, 0.25) is 0 Å². The molecular weight excluding hydrogens is 375 g/mol. The molecule has 1 aromatic rings. The van der Waals surface area contributed by atoms with Gasteiger partial charge in [-0.1, -0.05) is 44.2 Å². The Kier molecular flexibility index (Phi) is 9.08. The Morgan fingerprint density at radius 1 is 1.15 bits per heavy atom. The molecule has 0 fully saturated rings. The third-order valence-electron chi connectivity index (χ3n) is 3.82. The van der Waals surface area contributed by atoms with Gasteiger partial charge in [-0.2, -0.15) is 0 Å². The third-order valence-corrected chi connectivity index (χ3v) is 4.29. The normalized spacial score (nSPS) is 13.1. The maximum atomic E-state index is 12.0. The van der Waals surface area contributed by atoms with Gasteiger partial charge in [0.15, 0.2) is 0 Å². The van der Waals surface area contributed by atoms with Crippen LogP contribution < -0.4 is 10.6 Å². The third kappa shape index (κ3) is 9.65. The van der Waals surface area contributed by atoms with Crippen molar-refractivity contribution in [2.45, 2.75) is 32.8 Å². The van der Waals surface area contributed by atoms with Crippen molar-refractivity contribution in [2.75, 3.05) is 19.7 Å². The molecule has 0 heterocycles. The van der Waals surface area contributed by atoms with Crippen molar-refractivity contribution in [3.8, 4) is 0 Å². The van der Waals surface area contributed by atoms with Gasteiger partial charge < -0.3 is 25.5 Å². The summed E-state index contributed by atoms with van der Waals surface area (Å²) >= 11 is 0. The molecule has 0 bridgehead atoms. The lowest BCUT2D eigenvalue weighted by Crippen LogP contribution is -2.46. The van der Waals surface area contributed by atoms with Gasteiger partial charge in [-0.25, -0.2) is 4.57 Å². The van der Waals surface area contributed by atoms with Gasteiger partial charge in [-0.3, -0.25) is 14.1 Å². The number of aliphatic hydroxyl groups is 1. The van der Waals surface area contributed by atoms with E-state index < -0.39 is 31.9 Å². The number of benzene rings is 1. The highest BCUT2D eigenvalue weighted by molar-refractivity contribution is 7.46. The minimum atomic E-state index is -4.70. The van der Waals surface area contributed by atoms with E-state index in [1.54, 1.807) is 0 Å². The summed E-state index contributed by atoms with van der Waals surface area (Å²) in [5, 5.41) is 15.2. The molecule has 9 nitrogen and oxygen atoms in total. The second-order valence-corrected chi connectivity index (χ2v) is 8.02. The topological polar surface area (TPSA) is 145 Å². The molecule has 10 heteroatoms. The number of aliphatic hydroxyl groups excluding tert-OH is 1. The SMILES string of the molecule is CC(C)(COP(=O)(O)O)[C@@H](O)C(=O)NCCC(=O)NCCc1ccccc1. The number of carbonyl (C=O) groups is 2. The van der Waals surface area contributed by atoms with Gasteiger partial charge >= 0.3 is 7.82 Å². The van der Waals surface area contributed by atoms with E-state index in [0.717, 1.165) is 5.56 Å². The summed E-state index contributed by atoms with van der Waals surface area (Å²) in [5.41, 5.74) is -0.114. The first-order chi connectivity index (χ1) is 12.5. The molecular formula is C17H27N2O7P. The van der Waals surface area contributed by atoms with E-state index in [-0.39, 0.29) is 18.9 Å². The first kappa shape index (κ1) is 23.3. The Bertz CT molecular complexity index is 661. The van der Waals surface area contributed by atoms with Crippen molar-refractivity contribution < 1.29 is 33.6 Å². The molecule has 0 saturated heterocycles. The lowest BCUT2D eigenvalue weighted by atomic mass is 9.87. The first-order valence-corrected chi connectivity index (χ1v) is 10.0. The first-order valence-electron chi connectivity index (χ1n) is 8.48. The standard InChI is InChI=1S/C17H27N2O7P/c1-17(2,12-26-27(23,24)25)15(21)16(22)19-11-9-14(20)18-10-8-13-6-4-3-5-7-13/h3-7,15,21H,8-12H2,1-2H3,(H,18,20)(H,19,22)(H2,23,24,25)/t15-/m0/s1. The van der Waals surface area contributed by atoms with Crippen LogP contribution in [0.1, 0.15) is 25.8 Å². The van der Waals surface area contributed by atoms with E-state index in [0.29, 0.717) is 13.0 Å². The van der Waals surface area contributed by atoms with E-state index >= 15 is 0 Å². The molecule has 0 radical (unpaired) electrons. The Morgan fingerprint density at radius 2 is 1.78 bits per heavy atom. The number of carbonyl (C=O) groups excluding carboxylic acids is 2. The summed E-state index contributed by atoms with van der Waals surface area (Å²) in [5.74, 6) is -0.976. The van der Waals surface area contributed by atoms with Crippen LogP contribution in [0.25, 0.3) is 0 Å². The smallest absolute Gasteiger partial charge is 0.383 e. The number of phosphoric acid groups is 1. The van der Waals surface area contributed by atoms with E-state index in [1.165, 1.54) is 13.8 Å². The summed E-state index contributed by atoms with van der Waals surface area (Å²) in [6.07, 6.45) is -0.803. The highest BCUT2D eigenvalue weighted by Gasteiger charge is 2.35. The van der Waals surface area contributed by atoms with Gasteiger partial charge in [0.25, 0.3) is 0 Å². The predicted molar refractivity (Wildman–Crippen MR) is 98.6 cm³/mol. The van der Waals surface area contributed by atoms with Crippen LogP contribution in [0, 0.1) is 5.41 Å². The van der Waals surface area contributed by atoms with E-state index in [9.17, 15) is 19.3 Å². The zero-order valence-corrected chi connectivity index (χ0v) is 16.3. The highest BCUT2D eigenvalue weighted by Crippen LogP contribution is 2.38. The van der Waals surface area contributed by atoms with Crippen molar-refractivity contribution >= 4 is 19.6 Å². The average molecular weight is 402 g/mol. The Balaban J connectivity index is 2.28. The Hall–Kier alpha value is -1.77. The van der Waals surface area contributed by atoms with Gasteiger partial charge in [0, 0.05) is 24.9 Å². The number of amides is 2. The summed E-state index contributed by atoms with van der Waals surface area (Å²) in [7, 11) is -4.70. The summed E-state index contributed by atoms with van der Waals surface area (Å²) in [4.78, 5) is 41.1. The van der Waals surface area contributed by atoms with Crippen LogP contribution in [-0.2, 0) is 25.1 Å². The second-order valence-electron chi connectivity index (χ2n) is 6.78. The van der Waals surface area contributed by atoms with Crippen molar-refractivity contribution in [1.29, 1.82) is 0 Å². The number of rotatable bonds is 11. The summed E-state index contributed by atoms with van der Waals surface area (Å²) in [6.45, 7) is 2.87. The molecule has 1 rings (SSSR count). The van der Waals surface area contributed by atoms with Crippen molar-refractivity contribution in [2.24, 2.45) is 5.41 Å². The van der Waals surface area contributed by atoms with Crippen molar-refractivity contribution in [3.63, 3.8) is 0 Å². The van der Waals surface area contributed by atoms with Gasteiger partial charge in [0.05, 0.1) is 6.61 Å². The van der Waals surface area contributed by atoms with Crippen LogP contribution in [-0.4, -0.2) is 52.5 Å². The van der Waals surface area contributed by atoms with Crippen LogP contribution in [0.5, 0.6) is 0 Å². The molecule has 1 atom stereocenters. The van der Waals surface area contributed by atoms with Crippen molar-refractivity contribution in [3.05, 3.63) is 35.9 Å². The molecule has 0 aliphatic rings. The Labute approximate surface area is 158 Å². The molecule has 0 saturated carbocycles. The van der Waals surface area contributed by atoms with Gasteiger partial charge in [-0.05, 0) is 12.0 Å². The largest absolute Gasteiger partial charge is 0.469 e. The van der Waals surface area contributed by atoms with Gasteiger partial charge in [0.1, 0.15) is 6.10 Å². The molecule has 0 aliphatic carbocycles. The summed E-state index contributed by atoms with van der Waals surface area (Å²) < 4.78 is 15.1. The molecule has 2 amide bonds. The average Bonchev–Trinajstić information content (AvgIpc) is 2.59. The van der Waals surface area contributed by atoms with Gasteiger partial charge in [0.2, 0.25) is 11.8 Å². The fourth-order valence-electron chi connectivity index (χ4n) is 2.16. The minimum absolute atomic E-state index is 0.0303. The van der Waals surface area contributed by atoms with Crippen LogP contribution in [0.15, 0.2) is 30.3 Å². The van der Waals surface area contributed by atoms with Crippen molar-refractivity contribution in [1.82, 2.24) is 10.6 Å². The Morgan fingerprint density at radius 3 is 2.37 bits per heavy atom. The predicted octanol–water partition coefficient (Wildman–Crippen LogP) is 0.348. The van der Waals surface area contributed by atoms with Crippen LogP contribution in [0.4, 0.5) is 0 Å². The highest BCUT2D eigenvalue weighted by atomic mass is 31.2. The fourth-order valence-corrected chi connectivity index (χ4v) is 2.66. The molecule has 0 aromatic heterocycles. The fraction of sp³-hybridized carbons (Fsp3) is 0.529. The molecule has 152 valence electrons. The van der Waals surface area contributed by atoms with Crippen LogP contribution in [0.3, 0.4) is 0 Å². The number of phosphoric ester groups is 1. The molecule has 0 aliphatic heterocycles. The summed E-state index contributed by atoms with van der Waals surface area (Å²) in [6, 6.07) is 9.69.